The average molecular weight is 252 g/mol. The topological polar surface area (TPSA) is 9.23 Å². The molecule has 0 N–H and O–H groups in total. The van der Waals surface area contributed by atoms with Gasteiger partial charge in [0.2, 0.25) is 0 Å². The van der Waals surface area contributed by atoms with Crippen LogP contribution in [0.2, 0.25) is 0 Å². The molecule has 0 saturated carbocycles. The summed E-state index contributed by atoms with van der Waals surface area (Å²) in [6.45, 7) is 2.40. The third-order valence-corrected chi connectivity index (χ3v) is 1.65. The van der Waals surface area contributed by atoms with E-state index in [4.69, 9.17) is 4.74 Å². The van der Waals surface area contributed by atoms with Gasteiger partial charge in [-0.2, -0.15) is 13.2 Å². The molecule has 0 radical (unpaired) electrons. The van der Waals surface area contributed by atoms with Gasteiger partial charge in [0.25, 0.3) is 0 Å². The van der Waals surface area contributed by atoms with Crippen LogP contribution >= 0.6 is 12.6 Å². The van der Waals surface area contributed by atoms with E-state index in [1.807, 2.05) is 45.0 Å². The third kappa shape index (κ3) is 8.47. The average Bonchev–Trinajstić information content (AvgIpc) is 2.05. The highest BCUT2D eigenvalue weighted by molar-refractivity contribution is 7.80. The molecule has 92 valence electrons. The molecular formula is C11H15F3OS. The molecule has 0 aliphatic rings. The standard InChI is InChI=1S/C10H14OS.CHF3/c1-10(2,3)11-8-6-4-5-7-9(8)12;2-1(3)4/h4-7,12H,1-3H3;1H. The highest BCUT2D eigenvalue weighted by atomic mass is 32.1. The fraction of sp³-hybridized carbons (Fsp3) is 0.455. The molecule has 1 aromatic carbocycles. The van der Waals surface area contributed by atoms with Gasteiger partial charge < -0.3 is 4.74 Å². The maximum absolute atomic E-state index is 9.67. The molecule has 1 aromatic rings. The monoisotopic (exact) mass is 252 g/mol. The van der Waals surface area contributed by atoms with Gasteiger partial charge in [0.1, 0.15) is 11.4 Å². The molecule has 0 aliphatic heterocycles. The number of thiol groups is 1. The minimum absolute atomic E-state index is 0.154. The Morgan fingerprint density at radius 1 is 1.12 bits per heavy atom. The summed E-state index contributed by atoms with van der Waals surface area (Å²) in [5, 5.41) is 0. The predicted octanol–water partition coefficient (Wildman–Crippen LogP) is 4.33. The summed E-state index contributed by atoms with van der Waals surface area (Å²) >= 11 is 4.28. The van der Waals surface area contributed by atoms with E-state index in [2.05, 4.69) is 12.6 Å². The van der Waals surface area contributed by atoms with Crippen molar-refractivity contribution in [2.45, 2.75) is 37.9 Å². The van der Waals surface area contributed by atoms with Crippen LogP contribution in [0.25, 0.3) is 0 Å². The van der Waals surface area contributed by atoms with Gasteiger partial charge in [-0.1, -0.05) is 12.1 Å². The number of para-hydroxylation sites is 1. The zero-order valence-corrected chi connectivity index (χ0v) is 10.3. The Kier molecular flexibility index (Phi) is 6.33. The smallest absolute Gasteiger partial charge is 0.379 e. The van der Waals surface area contributed by atoms with Gasteiger partial charge in [-0.15, -0.1) is 12.6 Å². The number of halogens is 3. The normalized spacial score (nSPS) is 10.8. The zero-order valence-electron chi connectivity index (χ0n) is 9.38. The highest BCUT2D eigenvalue weighted by Gasteiger charge is 2.12. The van der Waals surface area contributed by atoms with Gasteiger partial charge >= 0.3 is 6.68 Å². The zero-order chi connectivity index (χ0) is 12.8. The lowest BCUT2D eigenvalue weighted by atomic mass is 10.2. The van der Waals surface area contributed by atoms with Gasteiger partial charge in [-0.3, -0.25) is 0 Å². The van der Waals surface area contributed by atoms with Crippen LogP contribution in [0.1, 0.15) is 20.8 Å². The van der Waals surface area contributed by atoms with Crippen molar-refractivity contribution in [2.24, 2.45) is 0 Å². The van der Waals surface area contributed by atoms with E-state index in [9.17, 15) is 13.2 Å². The van der Waals surface area contributed by atoms with Crippen LogP contribution in [0.5, 0.6) is 5.75 Å². The second-order valence-corrected chi connectivity index (χ2v) is 4.41. The van der Waals surface area contributed by atoms with E-state index >= 15 is 0 Å². The molecule has 0 aliphatic carbocycles. The number of hydrogen-bond donors (Lipinski definition) is 1. The summed E-state index contributed by atoms with van der Waals surface area (Å²) in [6.07, 6.45) is 0. The Hall–Kier alpha value is -0.840. The van der Waals surface area contributed by atoms with E-state index in [1.165, 1.54) is 0 Å². The number of ether oxygens (including phenoxy) is 1. The molecule has 0 heterocycles. The number of benzene rings is 1. The molecule has 1 nitrogen and oxygen atoms in total. The van der Waals surface area contributed by atoms with Crippen molar-refractivity contribution < 1.29 is 17.9 Å². The molecule has 0 fully saturated rings. The molecule has 0 aromatic heterocycles. The molecule has 1 rings (SSSR count). The maximum Gasteiger partial charge on any atom is 0.379 e. The van der Waals surface area contributed by atoms with Crippen molar-refractivity contribution in [3.8, 4) is 5.75 Å². The second kappa shape index (κ2) is 6.68. The minimum Gasteiger partial charge on any atom is -0.487 e. The summed E-state index contributed by atoms with van der Waals surface area (Å²) in [5.74, 6) is 0.841. The number of hydrogen-bond acceptors (Lipinski definition) is 2. The fourth-order valence-electron chi connectivity index (χ4n) is 0.873. The Morgan fingerprint density at radius 2 is 1.56 bits per heavy atom. The maximum atomic E-state index is 9.67. The van der Waals surface area contributed by atoms with Crippen LogP contribution in [0.15, 0.2) is 29.2 Å². The molecule has 0 spiro atoms. The van der Waals surface area contributed by atoms with E-state index in [0.717, 1.165) is 10.6 Å². The highest BCUT2D eigenvalue weighted by Crippen LogP contribution is 2.25. The Balaban J connectivity index is 0.000000487. The van der Waals surface area contributed by atoms with Crippen LogP contribution in [0.4, 0.5) is 13.2 Å². The largest absolute Gasteiger partial charge is 0.487 e. The molecule has 5 heteroatoms. The first kappa shape index (κ1) is 15.2. The molecule has 0 unspecified atom stereocenters. The Labute approximate surface area is 99.0 Å². The van der Waals surface area contributed by atoms with Crippen molar-refractivity contribution >= 4 is 12.6 Å². The SMILES string of the molecule is CC(C)(C)Oc1ccccc1S.FC(F)F. The molecule has 0 amide bonds. The summed E-state index contributed by atoms with van der Waals surface area (Å²) in [4.78, 5) is 0.882. The van der Waals surface area contributed by atoms with Crippen molar-refractivity contribution in [3.63, 3.8) is 0 Å². The summed E-state index contributed by atoms with van der Waals surface area (Å²) in [7, 11) is 0. The molecule has 16 heavy (non-hydrogen) atoms. The molecule has 0 atom stereocenters. The molecule has 0 bridgehead atoms. The van der Waals surface area contributed by atoms with E-state index in [0.29, 0.717) is 0 Å². The summed E-state index contributed by atoms with van der Waals surface area (Å²) in [6, 6.07) is 7.73. The third-order valence-electron chi connectivity index (χ3n) is 1.28. The van der Waals surface area contributed by atoms with E-state index in [-0.39, 0.29) is 5.60 Å². The number of alkyl halides is 3. The lowest BCUT2D eigenvalue weighted by Gasteiger charge is -2.22. The lowest BCUT2D eigenvalue weighted by Crippen LogP contribution is -2.23. The van der Waals surface area contributed by atoms with Crippen LogP contribution < -0.4 is 4.74 Å². The number of rotatable bonds is 1. The quantitative estimate of drug-likeness (QED) is 0.732. The van der Waals surface area contributed by atoms with Gasteiger partial charge in [0, 0.05) is 4.90 Å². The molecule has 0 saturated heterocycles. The van der Waals surface area contributed by atoms with Crippen molar-refractivity contribution in [2.75, 3.05) is 0 Å². The molecular weight excluding hydrogens is 237 g/mol. The first-order valence-corrected chi connectivity index (χ1v) is 5.06. The predicted molar refractivity (Wildman–Crippen MR) is 61.2 cm³/mol. The Bertz CT molecular complexity index is 308. The van der Waals surface area contributed by atoms with E-state index in [1.54, 1.807) is 0 Å². The summed E-state index contributed by atoms with van der Waals surface area (Å²) < 4.78 is 34.7. The van der Waals surface area contributed by atoms with Crippen LogP contribution in [-0.4, -0.2) is 12.3 Å². The van der Waals surface area contributed by atoms with Crippen molar-refractivity contribution in [1.82, 2.24) is 0 Å². The van der Waals surface area contributed by atoms with Crippen LogP contribution in [0.3, 0.4) is 0 Å². The van der Waals surface area contributed by atoms with Crippen LogP contribution in [0, 0.1) is 0 Å². The van der Waals surface area contributed by atoms with Crippen LogP contribution in [-0.2, 0) is 0 Å². The van der Waals surface area contributed by atoms with Gasteiger partial charge in [0.05, 0.1) is 0 Å². The van der Waals surface area contributed by atoms with Gasteiger partial charge in [-0.05, 0) is 32.9 Å². The van der Waals surface area contributed by atoms with Gasteiger partial charge in [0.15, 0.2) is 0 Å². The fourth-order valence-corrected chi connectivity index (χ4v) is 1.08. The Morgan fingerprint density at radius 3 is 1.94 bits per heavy atom. The minimum atomic E-state index is -3.67. The van der Waals surface area contributed by atoms with E-state index < -0.39 is 6.68 Å². The van der Waals surface area contributed by atoms with Crippen molar-refractivity contribution in [1.29, 1.82) is 0 Å². The first-order valence-electron chi connectivity index (χ1n) is 4.61. The van der Waals surface area contributed by atoms with Crippen molar-refractivity contribution in [3.05, 3.63) is 24.3 Å². The first-order chi connectivity index (χ1) is 7.22. The lowest BCUT2D eigenvalue weighted by molar-refractivity contribution is 0.00819. The van der Waals surface area contributed by atoms with Gasteiger partial charge in [-0.25, -0.2) is 0 Å². The summed E-state index contributed by atoms with van der Waals surface area (Å²) in [5.41, 5.74) is -0.154. The second-order valence-electron chi connectivity index (χ2n) is 3.93.